The normalized spacial score (nSPS) is 10.5. The van der Waals surface area contributed by atoms with Crippen molar-refractivity contribution in [3.63, 3.8) is 0 Å². The summed E-state index contributed by atoms with van der Waals surface area (Å²) in [7, 11) is 0. The van der Waals surface area contributed by atoms with Crippen molar-refractivity contribution in [3.05, 3.63) is 70.0 Å². The topological polar surface area (TPSA) is 81.9 Å². The van der Waals surface area contributed by atoms with E-state index in [0.29, 0.717) is 28.2 Å². The smallest absolute Gasteiger partial charge is 0.242 e. The van der Waals surface area contributed by atoms with Gasteiger partial charge in [0.1, 0.15) is 18.9 Å². The Bertz CT molecular complexity index is 883. The van der Waals surface area contributed by atoms with Crippen LogP contribution >= 0.6 is 23.2 Å². The zero-order chi connectivity index (χ0) is 18.4. The van der Waals surface area contributed by atoms with Gasteiger partial charge in [-0.3, -0.25) is 4.79 Å². The average molecular weight is 392 g/mol. The number of halogens is 2. The predicted octanol–water partition coefficient (Wildman–Crippen LogP) is 2.88. The van der Waals surface area contributed by atoms with Crippen LogP contribution in [-0.4, -0.2) is 26.1 Å². The van der Waals surface area contributed by atoms with Crippen molar-refractivity contribution < 1.29 is 9.53 Å². The monoisotopic (exact) mass is 391 g/mol. The Balaban J connectivity index is 1.53. The fraction of sp³-hybridized carbons (Fsp3) is 0.176. The first-order valence-electron chi connectivity index (χ1n) is 7.75. The van der Waals surface area contributed by atoms with Crippen molar-refractivity contribution >= 4 is 29.1 Å². The number of benzene rings is 2. The molecule has 0 radical (unpaired) electrons. The van der Waals surface area contributed by atoms with E-state index < -0.39 is 0 Å². The molecule has 3 rings (SSSR count). The summed E-state index contributed by atoms with van der Waals surface area (Å²) >= 11 is 11.9. The van der Waals surface area contributed by atoms with Gasteiger partial charge in [0.2, 0.25) is 5.91 Å². The molecule has 0 aliphatic carbocycles. The Labute approximate surface area is 159 Å². The van der Waals surface area contributed by atoms with E-state index in [4.69, 9.17) is 27.9 Å². The largest absolute Gasteiger partial charge is 0.484 e. The Morgan fingerprint density at radius 1 is 1.12 bits per heavy atom. The molecule has 0 saturated heterocycles. The van der Waals surface area contributed by atoms with Gasteiger partial charge in [-0.1, -0.05) is 47.5 Å². The highest BCUT2D eigenvalue weighted by atomic mass is 35.5. The van der Waals surface area contributed by atoms with Gasteiger partial charge in [0, 0.05) is 11.6 Å². The number of aromatic nitrogens is 4. The second kappa shape index (κ2) is 8.64. The van der Waals surface area contributed by atoms with Crippen LogP contribution in [0.1, 0.15) is 11.4 Å². The molecule has 134 valence electrons. The summed E-state index contributed by atoms with van der Waals surface area (Å²) in [6.07, 6.45) is 0. The van der Waals surface area contributed by atoms with Gasteiger partial charge in [-0.05, 0) is 40.3 Å². The summed E-state index contributed by atoms with van der Waals surface area (Å²) in [5.74, 6) is 0.730. The van der Waals surface area contributed by atoms with Crippen LogP contribution in [0.15, 0.2) is 48.5 Å². The number of carbonyl (C=O) groups excluding carboxylic acids is 1. The Kier molecular flexibility index (Phi) is 6.04. The van der Waals surface area contributed by atoms with Crippen LogP contribution in [0.2, 0.25) is 10.0 Å². The lowest BCUT2D eigenvalue weighted by molar-refractivity contribution is -0.122. The fourth-order valence-electron chi connectivity index (χ4n) is 2.15. The van der Waals surface area contributed by atoms with E-state index in [1.54, 1.807) is 24.3 Å². The molecule has 0 spiro atoms. The molecule has 1 N–H and O–H groups in total. The molecule has 1 aromatic heterocycles. The fourth-order valence-corrected chi connectivity index (χ4v) is 2.46. The van der Waals surface area contributed by atoms with Crippen molar-refractivity contribution in [1.82, 2.24) is 25.5 Å². The number of hydrogen-bond acceptors (Lipinski definition) is 5. The highest BCUT2D eigenvalue weighted by Gasteiger charge is 2.12. The maximum absolute atomic E-state index is 12.1. The number of rotatable bonds is 7. The summed E-state index contributed by atoms with van der Waals surface area (Å²) in [5, 5.41) is 15.2. The maximum atomic E-state index is 12.1. The lowest BCUT2D eigenvalue weighted by Crippen LogP contribution is -2.28. The van der Waals surface area contributed by atoms with Gasteiger partial charge in [0.05, 0.1) is 5.02 Å². The van der Waals surface area contributed by atoms with E-state index in [2.05, 4.69) is 20.8 Å². The minimum Gasteiger partial charge on any atom is -0.484 e. The van der Waals surface area contributed by atoms with Crippen LogP contribution in [-0.2, 0) is 24.5 Å². The van der Waals surface area contributed by atoms with Crippen molar-refractivity contribution in [1.29, 1.82) is 0 Å². The average Bonchev–Trinajstić information content (AvgIpc) is 3.07. The second-order valence-corrected chi connectivity index (χ2v) is 6.22. The van der Waals surface area contributed by atoms with Crippen LogP contribution in [0.5, 0.6) is 5.75 Å². The number of carbonyl (C=O) groups is 1. The molecule has 0 aliphatic rings. The van der Waals surface area contributed by atoms with E-state index >= 15 is 0 Å². The Morgan fingerprint density at radius 3 is 2.65 bits per heavy atom. The van der Waals surface area contributed by atoms with E-state index in [-0.39, 0.29) is 19.1 Å². The molecular formula is C17H15Cl2N5O2. The highest BCUT2D eigenvalue weighted by Crippen LogP contribution is 2.23. The number of ether oxygens (including phenoxy) is 1. The van der Waals surface area contributed by atoms with E-state index in [9.17, 15) is 4.79 Å². The van der Waals surface area contributed by atoms with Crippen molar-refractivity contribution in [3.8, 4) is 5.75 Å². The third-order valence-corrected chi connectivity index (χ3v) is 4.06. The molecule has 9 heteroatoms. The van der Waals surface area contributed by atoms with E-state index in [0.717, 1.165) is 5.56 Å². The Morgan fingerprint density at radius 2 is 1.88 bits per heavy atom. The molecule has 0 saturated carbocycles. The summed E-state index contributed by atoms with van der Waals surface area (Å²) in [4.78, 5) is 12.1. The molecule has 0 fully saturated rings. The van der Waals surface area contributed by atoms with Gasteiger partial charge in [0.15, 0.2) is 5.82 Å². The molecule has 1 heterocycles. The molecule has 3 aromatic rings. The first kappa shape index (κ1) is 18.2. The summed E-state index contributed by atoms with van der Waals surface area (Å²) in [6.45, 7) is 0.479. The first-order chi connectivity index (χ1) is 12.6. The Hall–Kier alpha value is -2.64. The van der Waals surface area contributed by atoms with Gasteiger partial charge >= 0.3 is 0 Å². The standard InChI is InChI=1S/C17H15Cl2N5O2/c18-13-7-5-12(6-8-13)9-20-17(25)10-24-16(21-22-23-24)11-26-15-4-2-1-3-14(15)19/h1-8H,9-11H2,(H,20,25). The van der Waals surface area contributed by atoms with Gasteiger partial charge < -0.3 is 10.1 Å². The molecular weight excluding hydrogens is 377 g/mol. The quantitative estimate of drug-likeness (QED) is 0.669. The second-order valence-electron chi connectivity index (χ2n) is 5.38. The minimum absolute atomic E-state index is 0.0121. The molecule has 0 bridgehead atoms. The molecule has 2 aromatic carbocycles. The van der Waals surface area contributed by atoms with Gasteiger partial charge in [-0.15, -0.1) is 5.10 Å². The first-order valence-corrected chi connectivity index (χ1v) is 8.51. The number of hydrogen-bond donors (Lipinski definition) is 1. The SMILES string of the molecule is O=C(Cn1nnnc1COc1ccccc1Cl)NCc1ccc(Cl)cc1. The summed E-state index contributed by atoms with van der Waals surface area (Å²) in [6, 6.07) is 14.3. The van der Waals surface area contributed by atoms with Gasteiger partial charge in [-0.2, -0.15) is 0 Å². The van der Waals surface area contributed by atoms with Crippen molar-refractivity contribution in [2.24, 2.45) is 0 Å². The molecule has 1 amide bonds. The molecule has 26 heavy (non-hydrogen) atoms. The zero-order valence-corrected chi connectivity index (χ0v) is 15.1. The summed E-state index contributed by atoms with van der Waals surface area (Å²) in [5.41, 5.74) is 0.946. The third-order valence-electron chi connectivity index (χ3n) is 3.50. The number of nitrogens with zero attached hydrogens (tertiary/aromatic N) is 4. The van der Waals surface area contributed by atoms with Crippen molar-refractivity contribution in [2.45, 2.75) is 19.7 Å². The number of para-hydroxylation sites is 1. The molecule has 0 unspecified atom stereocenters. The zero-order valence-electron chi connectivity index (χ0n) is 13.6. The highest BCUT2D eigenvalue weighted by molar-refractivity contribution is 6.32. The van der Waals surface area contributed by atoms with Crippen LogP contribution < -0.4 is 10.1 Å². The van der Waals surface area contributed by atoms with E-state index in [1.165, 1.54) is 4.68 Å². The third kappa shape index (κ3) is 4.93. The van der Waals surface area contributed by atoms with Crippen LogP contribution in [0.3, 0.4) is 0 Å². The van der Waals surface area contributed by atoms with Crippen LogP contribution in [0.4, 0.5) is 0 Å². The van der Waals surface area contributed by atoms with Crippen molar-refractivity contribution in [2.75, 3.05) is 0 Å². The minimum atomic E-state index is -0.216. The van der Waals surface area contributed by atoms with Gasteiger partial charge in [-0.25, -0.2) is 4.68 Å². The lowest BCUT2D eigenvalue weighted by atomic mass is 10.2. The lowest BCUT2D eigenvalue weighted by Gasteiger charge is -2.09. The molecule has 7 nitrogen and oxygen atoms in total. The van der Waals surface area contributed by atoms with E-state index in [1.807, 2.05) is 24.3 Å². The number of tetrazole rings is 1. The maximum Gasteiger partial charge on any atom is 0.242 e. The van der Waals surface area contributed by atoms with Crippen LogP contribution in [0, 0.1) is 0 Å². The predicted molar refractivity (Wildman–Crippen MR) is 96.9 cm³/mol. The molecule has 0 atom stereocenters. The number of amides is 1. The van der Waals surface area contributed by atoms with Gasteiger partial charge in [0.25, 0.3) is 0 Å². The summed E-state index contributed by atoms with van der Waals surface area (Å²) < 4.78 is 6.99. The van der Waals surface area contributed by atoms with Crippen LogP contribution in [0.25, 0.3) is 0 Å². The molecule has 0 aliphatic heterocycles. The number of nitrogens with one attached hydrogen (secondary N) is 1.